The van der Waals surface area contributed by atoms with E-state index in [2.05, 4.69) is 10.2 Å². The number of amides is 2. The third-order valence-corrected chi connectivity index (χ3v) is 6.19. The molecule has 0 saturated carbocycles. The molecule has 2 aliphatic rings. The van der Waals surface area contributed by atoms with E-state index >= 15 is 0 Å². The molecular formula is C24H39N5O4. The monoisotopic (exact) mass is 461 g/mol. The summed E-state index contributed by atoms with van der Waals surface area (Å²) in [5.74, 6) is 0.0432. The summed E-state index contributed by atoms with van der Waals surface area (Å²) in [6.45, 7) is 14.2. The Hall–Kier alpha value is -2.20. The van der Waals surface area contributed by atoms with Crippen molar-refractivity contribution in [3.8, 4) is 0 Å². The van der Waals surface area contributed by atoms with Crippen molar-refractivity contribution in [1.82, 2.24) is 10.2 Å². The molecule has 1 aromatic carbocycles. The van der Waals surface area contributed by atoms with Crippen LogP contribution in [0.25, 0.3) is 0 Å². The lowest BCUT2D eigenvalue weighted by molar-refractivity contribution is -0.117. The maximum atomic E-state index is 12.9. The lowest BCUT2D eigenvalue weighted by atomic mass is 9.96. The molecule has 0 radical (unpaired) electrons. The Morgan fingerprint density at radius 1 is 1.24 bits per heavy atom. The molecule has 1 fully saturated rings. The molecule has 33 heavy (non-hydrogen) atoms. The third kappa shape index (κ3) is 6.44. The molecule has 1 aromatic rings. The fourth-order valence-corrected chi connectivity index (χ4v) is 4.49. The number of morpholine rings is 1. The molecule has 3 rings (SSSR count). The van der Waals surface area contributed by atoms with Crippen molar-refractivity contribution in [2.45, 2.75) is 45.8 Å². The predicted octanol–water partition coefficient (Wildman–Crippen LogP) is 1.76. The van der Waals surface area contributed by atoms with Gasteiger partial charge in [0.15, 0.2) is 0 Å². The molecule has 1 unspecified atom stereocenters. The van der Waals surface area contributed by atoms with Crippen molar-refractivity contribution in [3.63, 3.8) is 0 Å². The molecule has 184 valence electrons. The molecule has 0 spiro atoms. The molecule has 9 heteroatoms. The molecule has 3 N–H and O–H groups in total. The number of hydrogen-bond acceptors (Lipinski definition) is 7. The van der Waals surface area contributed by atoms with Gasteiger partial charge < -0.3 is 25.4 Å². The van der Waals surface area contributed by atoms with Gasteiger partial charge in [-0.05, 0) is 38.5 Å². The van der Waals surface area contributed by atoms with Crippen LogP contribution in [0.3, 0.4) is 0 Å². The van der Waals surface area contributed by atoms with Crippen LogP contribution in [0.1, 0.15) is 39.2 Å². The van der Waals surface area contributed by atoms with E-state index in [-0.39, 0.29) is 24.0 Å². The van der Waals surface area contributed by atoms with Gasteiger partial charge in [-0.3, -0.25) is 14.6 Å². The van der Waals surface area contributed by atoms with Crippen molar-refractivity contribution in [2.75, 3.05) is 68.8 Å². The largest absolute Gasteiger partial charge is 0.446 e. The number of rotatable bonds is 8. The summed E-state index contributed by atoms with van der Waals surface area (Å²) in [5, 5.41) is 3.52. The van der Waals surface area contributed by atoms with E-state index in [1.165, 1.54) is 0 Å². The molecular weight excluding hydrogens is 422 g/mol. The van der Waals surface area contributed by atoms with Gasteiger partial charge >= 0.3 is 6.09 Å². The Morgan fingerprint density at radius 2 is 1.97 bits per heavy atom. The summed E-state index contributed by atoms with van der Waals surface area (Å²) in [6, 6.07) is 5.78. The Labute approximate surface area is 197 Å². The third-order valence-electron chi connectivity index (χ3n) is 6.19. The second-order valence-corrected chi connectivity index (χ2v) is 9.12. The van der Waals surface area contributed by atoms with Crippen LogP contribution < -0.4 is 20.9 Å². The van der Waals surface area contributed by atoms with Crippen LogP contribution in [0, 0.1) is 0 Å². The first kappa shape index (κ1) is 25.4. The van der Waals surface area contributed by atoms with Gasteiger partial charge in [0.2, 0.25) is 5.91 Å². The van der Waals surface area contributed by atoms with Gasteiger partial charge in [0.05, 0.1) is 36.7 Å². The molecule has 2 aliphatic heterocycles. The lowest BCUT2D eigenvalue weighted by Crippen LogP contribution is -2.51. The SMILES string of the molecule is CC(=O)N1c2ccc(C(CN)CNCCN3CCOCC3)cc2N(C(=O)OC(C)C)C[C@@H]1C. The van der Waals surface area contributed by atoms with Crippen LogP contribution in [0.5, 0.6) is 0 Å². The minimum Gasteiger partial charge on any atom is -0.446 e. The molecule has 0 aromatic heterocycles. The van der Waals surface area contributed by atoms with Gasteiger partial charge in [0.25, 0.3) is 0 Å². The van der Waals surface area contributed by atoms with Crippen LogP contribution in [0.15, 0.2) is 18.2 Å². The smallest absolute Gasteiger partial charge is 0.414 e. The molecule has 2 atom stereocenters. The first-order valence-electron chi connectivity index (χ1n) is 11.9. The van der Waals surface area contributed by atoms with Gasteiger partial charge in [0.1, 0.15) is 0 Å². The van der Waals surface area contributed by atoms with Crippen LogP contribution >= 0.6 is 0 Å². The van der Waals surface area contributed by atoms with E-state index in [1.54, 1.807) is 16.7 Å². The highest BCUT2D eigenvalue weighted by Gasteiger charge is 2.35. The Kier molecular flexibility index (Phi) is 9.08. The number of nitrogens with zero attached hydrogens (tertiary/aromatic N) is 3. The Bertz CT molecular complexity index is 812. The quantitative estimate of drug-likeness (QED) is 0.569. The van der Waals surface area contributed by atoms with Gasteiger partial charge in [0, 0.05) is 58.7 Å². The number of carbonyl (C=O) groups is 2. The van der Waals surface area contributed by atoms with Gasteiger partial charge in [-0.25, -0.2) is 4.79 Å². The minimum atomic E-state index is -0.397. The summed E-state index contributed by atoms with van der Waals surface area (Å²) in [5.41, 5.74) is 8.58. The summed E-state index contributed by atoms with van der Waals surface area (Å²) < 4.78 is 10.9. The number of hydrogen-bond donors (Lipinski definition) is 2. The van der Waals surface area contributed by atoms with Crippen molar-refractivity contribution < 1.29 is 19.1 Å². The zero-order valence-corrected chi connectivity index (χ0v) is 20.4. The predicted molar refractivity (Wildman–Crippen MR) is 130 cm³/mol. The maximum Gasteiger partial charge on any atom is 0.414 e. The van der Waals surface area contributed by atoms with E-state index in [1.807, 2.05) is 39.0 Å². The summed E-state index contributed by atoms with van der Waals surface area (Å²) in [7, 11) is 0. The van der Waals surface area contributed by atoms with Crippen molar-refractivity contribution in [1.29, 1.82) is 0 Å². The fraction of sp³-hybridized carbons (Fsp3) is 0.667. The number of ether oxygens (including phenoxy) is 2. The van der Waals surface area contributed by atoms with Gasteiger partial charge in [-0.15, -0.1) is 0 Å². The average Bonchev–Trinajstić information content (AvgIpc) is 2.78. The molecule has 0 bridgehead atoms. The van der Waals surface area contributed by atoms with E-state index in [4.69, 9.17) is 15.2 Å². The standard InChI is InChI=1S/C24H39N5O4/c1-17(2)33-24(31)28-16-18(3)29(19(4)30)22-6-5-20(13-23(22)28)21(14-25)15-26-7-8-27-9-11-32-12-10-27/h5-6,13,17-18,21,26H,7-12,14-16,25H2,1-4H3/t18-,21?/m0/s1. The minimum absolute atomic E-state index is 0.0477. The van der Waals surface area contributed by atoms with Crippen molar-refractivity contribution in [2.24, 2.45) is 5.73 Å². The number of nitrogens with two attached hydrogens (primary N) is 1. The molecule has 2 amide bonds. The second-order valence-electron chi connectivity index (χ2n) is 9.12. The number of fused-ring (bicyclic) bond motifs is 1. The van der Waals surface area contributed by atoms with Gasteiger partial charge in [-0.1, -0.05) is 6.07 Å². The summed E-state index contributed by atoms with van der Waals surface area (Å²) in [4.78, 5) is 31.0. The van der Waals surface area contributed by atoms with E-state index in [9.17, 15) is 9.59 Å². The highest BCUT2D eigenvalue weighted by molar-refractivity contribution is 6.02. The number of anilines is 2. The molecule has 0 aliphatic carbocycles. The Balaban J connectivity index is 1.75. The normalized spacial score (nSPS) is 20.0. The van der Waals surface area contributed by atoms with Crippen LogP contribution in [-0.4, -0.2) is 88.1 Å². The van der Waals surface area contributed by atoms with Crippen LogP contribution in [0.4, 0.5) is 16.2 Å². The van der Waals surface area contributed by atoms with Crippen molar-refractivity contribution >= 4 is 23.4 Å². The first-order valence-corrected chi connectivity index (χ1v) is 11.9. The Morgan fingerprint density at radius 3 is 2.61 bits per heavy atom. The zero-order valence-electron chi connectivity index (χ0n) is 20.4. The molecule has 9 nitrogen and oxygen atoms in total. The lowest BCUT2D eigenvalue weighted by Gasteiger charge is -2.40. The van der Waals surface area contributed by atoms with Crippen LogP contribution in [0.2, 0.25) is 0 Å². The van der Waals surface area contributed by atoms with Crippen molar-refractivity contribution in [3.05, 3.63) is 23.8 Å². The van der Waals surface area contributed by atoms with E-state index in [0.29, 0.717) is 18.8 Å². The second kappa shape index (κ2) is 11.8. The molecule has 2 heterocycles. The first-order chi connectivity index (χ1) is 15.8. The highest BCUT2D eigenvalue weighted by atomic mass is 16.6. The van der Waals surface area contributed by atoms with Gasteiger partial charge in [-0.2, -0.15) is 0 Å². The number of carbonyl (C=O) groups excluding carboxylic acids is 2. The zero-order chi connectivity index (χ0) is 24.0. The average molecular weight is 462 g/mol. The van der Waals surface area contributed by atoms with Crippen LogP contribution in [-0.2, 0) is 14.3 Å². The highest BCUT2D eigenvalue weighted by Crippen LogP contribution is 2.38. The number of nitrogens with one attached hydrogen (secondary N) is 1. The summed E-state index contributed by atoms with van der Waals surface area (Å²) >= 11 is 0. The number of benzene rings is 1. The topological polar surface area (TPSA) is 100 Å². The van der Waals surface area contributed by atoms with E-state index in [0.717, 1.165) is 57.2 Å². The molecule has 1 saturated heterocycles. The van der Waals surface area contributed by atoms with E-state index < -0.39 is 6.09 Å². The fourth-order valence-electron chi connectivity index (χ4n) is 4.49. The summed E-state index contributed by atoms with van der Waals surface area (Å²) in [6.07, 6.45) is -0.621. The maximum absolute atomic E-state index is 12.9.